The molecule has 0 radical (unpaired) electrons. The largest absolute Gasteiger partial charge is 0.481 e. The summed E-state index contributed by atoms with van der Waals surface area (Å²) >= 11 is 0. The summed E-state index contributed by atoms with van der Waals surface area (Å²) in [5.41, 5.74) is -3.40. The normalized spacial score (nSPS) is 34.9. The lowest BCUT2D eigenvalue weighted by molar-refractivity contribution is -0.178. The molecule has 0 aliphatic carbocycles. The fourth-order valence-electron chi connectivity index (χ4n) is 5.34. The molecule has 4 unspecified atom stereocenters. The standard InChI is InChI=1S/C26H26O13/c1-11(2)21(31)35-9-25-7-5-13(38-25)15(19(27)28)17(25)23(33)37-24(34)18-16(20(29)30)14-6-8-26(18,39-14)10-36-22(32)12(3)4/h5-8,13-18H,1,3,9-10H2,2,4H3,(H,27,28)(H,29,30)/t13-,14?,15-,16?,17+,18?,25-,26?/m0/s1. The maximum atomic E-state index is 13.4. The van der Waals surface area contributed by atoms with Gasteiger partial charge in [-0.05, 0) is 26.0 Å². The zero-order valence-corrected chi connectivity index (χ0v) is 21.0. The summed E-state index contributed by atoms with van der Waals surface area (Å²) in [5, 5.41) is 19.6. The van der Waals surface area contributed by atoms with Crippen LogP contribution in [0.15, 0.2) is 48.6 Å². The lowest BCUT2D eigenvalue weighted by atomic mass is 9.74. The van der Waals surface area contributed by atoms with E-state index in [0.29, 0.717) is 0 Å². The van der Waals surface area contributed by atoms with Gasteiger partial charge >= 0.3 is 35.8 Å². The number of fused-ring (bicyclic) bond motifs is 4. The number of carbonyl (C=O) groups excluding carboxylic acids is 4. The van der Waals surface area contributed by atoms with Crippen molar-refractivity contribution in [1.82, 2.24) is 0 Å². The Labute approximate surface area is 221 Å². The Morgan fingerprint density at radius 2 is 1.10 bits per heavy atom. The number of hydrogen-bond acceptors (Lipinski definition) is 11. The summed E-state index contributed by atoms with van der Waals surface area (Å²) < 4.78 is 26.8. The molecular formula is C26H26O13. The fraction of sp³-hybridized carbons (Fsp3) is 0.462. The zero-order valence-electron chi connectivity index (χ0n) is 21.0. The van der Waals surface area contributed by atoms with Crippen molar-refractivity contribution < 1.29 is 62.7 Å². The molecule has 0 spiro atoms. The van der Waals surface area contributed by atoms with E-state index in [-0.39, 0.29) is 11.1 Å². The van der Waals surface area contributed by atoms with Gasteiger partial charge in [0.05, 0.1) is 12.2 Å². The molecule has 13 nitrogen and oxygen atoms in total. The van der Waals surface area contributed by atoms with E-state index in [1.165, 1.54) is 38.2 Å². The third-order valence-corrected chi connectivity index (χ3v) is 7.16. The molecule has 2 fully saturated rings. The number of aliphatic carboxylic acids is 2. The molecule has 208 valence electrons. The smallest absolute Gasteiger partial charge is 0.333 e. The van der Waals surface area contributed by atoms with Crippen molar-refractivity contribution in [2.45, 2.75) is 37.3 Å². The molecule has 0 aromatic carbocycles. The molecule has 13 heteroatoms. The van der Waals surface area contributed by atoms with Crippen molar-refractivity contribution in [2.24, 2.45) is 23.7 Å². The van der Waals surface area contributed by atoms with Crippen LogP contribution < -0.4 is 0 Å². The van der Waals surface area contributed by atoms with Crippen LogP contribution in [0.25, 0.3) is 0 Å². The second kappa shape index (κ2) is 9.89. The van der Waals surface area contributed by atoms with Gasteiger partial charge in [0.1, 0.15) is 48.1 Å². The van der Waals surface area contributed by atoms with E-state index >= 15 is 0 Å². The van der Waals surface area contributed by atoms with Crippen LogP contribution in [0.2, 0.25) is 0 Å². The van der Waals surface area contributed by atoms with E-state index in [4.69, 9.17) is 23.7 Å². The maximum Gasteiger partial charge on any atom is 0.333 e. The first-order valence-corrected chi connectivity index (χ1v) is 11.8. The maximum absolute atomic E-state index is 13.4. The Hall–Kier alpha value is -4.10. The molecule has 4 bridgehead atoms. The number of carboxylic acids is 2. The predicted molar refractivity (Wildman–Crippen MR) is 125 cm³/mol. The predicted octanol–water partition coefficient (Wildman–Crippen LogP) is 0.344. The van der Waals surface area contributed by atoms with Crippen LogP contribution in [0.3, 0.4) is 0 Å². The van der Waals surface area contributed by atoms with E-state index in [1.54, 1.807) is 0 Å². The molecule has 2 N–H and O–H groups in total. The molecule has 4 heterocycles. The Kier molecular flexibility index (Phi) is 7.08. The Morgan fingerprint density at radius 1 is 0.744 bits per heavy atom. The van der Waals surface area contributed by atoms with Gasteiger partial charge in [-0.15, -0.1) is 0 Å². The number of carbonyl (C=O) groups is 6. The fourth-order valence-corrected chi connectivity index (χ4v) is 5.34. The van der Waals surface area contributed by atoms with E-state index in [9.17, 15) is 39.0 Å². The highest BCUT2D eigenvalue weighted by molar-refractivity contribution is 5.95. The van der Waals surface area contributed by atoms with Crippen molar-refractivity contribution in [3.8, 4) is 0 Å². The number of rotatable bonds is 10. The van der Waals surface area contributed by atoms with Crippen molar-refractivity contribution in [2.75, 3.05) is 13.2 Å². The van der Waals surface area contributed by atoms with Crippen LogP contribution in [-0.2, 0) is 52.5 Å². The Morgan fingerprint density at radius 3 is 1.41 bits per heavy atom. The highest BCUT2D eigenvalue weighted by atomic mass is 16.6. The SMILES string of the molecule is C=C(C)C(=O)OCC12C=CC(O1)C(C(=O)O)C2C(=O)OC(=O)[C@H]1[C@@H](C(=O)O)[C@@H]2C=C[C@@]1(COC(=O)C(=C)C)O2. The average Bonchev–Trinajstić information content (AvgIpc) is 3.62. The lowest BCUT2D eigenvalue weighted by Crippen LogP contribution is -2.51. The molecular weight excluding hydrogens is 520 g/mol. The van der Waals surface area contributed by atoms with Gasteiger partial charge in [-0.1, -0.05) is 25.3 Å². The van der Waals surface area contributed by atoms with Gasteiger partial charge in [-0.3, -0.25) is 19.2 Å². The van der Waals surface area contributed by atoms with Crippen LogP contribution in [0.1, 0.15) is 13.8 Å². The summed E-state index contributed by atoms with van der Waals surface area (Å²) in [6.45, 7) is 8.55. The first-order chi connectivity index (χ1) is 18.2. The monoisotopic (exact) mass is 546 g/mol. The minimum Gasteiger partial charge on any atom is -0.481 e. The van der Waals surface area contributed by atoms with E-state index in [2.05, 4.69) is 13.2 Å². The summed E-state index contributed by atoms with van der Waals surface area (Å²) in [4.78, 5) is 74.8. The van der Waals surface area contributed by atoms with Crippen molar-refractivity contribution in [3.63, 3.8) is 0 Å². The first-order valence-electron chi connectivity index (χ1n) is 11.8. The van der Waals surface area contributed by atoms with Gasteiger partial charge in [-0.2, -0.15) is 0 Å². The van der Waals surface area contributed by atoms with Crippen LogP contribution >= 0.6 is 0 Å². The molecule has 4 aliphatic rings. The second-order valence-corrected chi connectivity index (χ2v) is 9.93. The number of hydrogen-bond donors (Lipinski definition) is 2. The second-order valence-electron chi connectivity index (χ2n) is 9.93. The summed E-state index contributed by atoms with van der Waals surface area (Å²) in [6, 6.07) is 0. The quantitative estimate of drug-likeness (QED) is 0.126. The number of carboxylic acid groups (broad SMARTS) is 2. The van der Waals surface area contributed by atoms with Crippen molar-refractivity contribution in [3.05, 3.63) is 48.6 Å². The van der Waals surface area contributed by atoms with Gasteiger partial charge in [0, 0.05) is 11.1 Å². The van der Waals surface area contributed by atoms with Crippen molar-refractivity contribution in [1.29, 1.82) is 0 Å². The van der Waals surface area contributed by atoms with Gasteiger partial charge in [-0.25, -0.2) is 9.59 Å². The van der Waals surface area contributed by atoms with Crippen molar-refractivity contribution >= 4 is 35.8 Å². The highest BCUT2D eigenvalue weighted by Gasteiger charge is 2.66. The van der Waals surface area contributed by atoms with E-state index in [0.717, 1.165) is 0 Å². The van der Waals surface area contributed by atoms with E-state index < -0.39 is 96.1 Å². The summed E-state index contributed by atoms with van der Waals surface area (Å²) in [5.74, 6) is -13.3. The molecule has 0 amide bonds. The van der Waals surface area contributed by atoms with E-state index in [1.807, 2.05) is 0 Å². The third kappa shape index (κ3) is 4.68. The van der Waals surface area contributed by atoms with Gasteiger partial charge < -0.3 is 33.9 Å². The van der Waals surface area contributed by atoms with Gasteiger partial charge in [0.2, 0.25) is 0 Å². The average molecular weight is 546 g/mol. The van der Waals surface area contributed by atoms with Crippen LogP contribution in [0, 0.1) is 23.7 Å². The molecule has 4 aliphatic heterocycles. The third-order valence-electron chi connectivity index (χ3n) is 7.16. The zero-order chi connectivity index (χ0) is 28.9. The molecule has 0 aromatic rings. The van der Waals surface area contributed by atoms with Crippen LogP contribution in [-0.4, -0.2) is 82.7 Å². The number of ether oxygens (including phenoxy) is 5. The Balaban J connectivity index is 1.59. The molecule has 4 rings (SSSR count). The summed E-state index contributed by atoms with van der Waals surface area (Å²) in [6.07, 6.45) is 3.37. The molecule has 39 heavy (non-hydrogen) atoms. The minimum absolute atomic E-state index is 0.0497. The van der Waals surface area contributed by atoms with Crippen LogP contribution in [0.5, 0.6) is 0 Å². The number of esters is 4. The Bertz CT molecular complexity index is 1150. The molecule has 0 saturated carbocycles. The van der Waals surface area contributed by atoms with Gasteiger partial charge in [0.15, 0.2) is 0 Å². The molecule has 2 saturated heterocycles. The minimum atomic E-state index is -1.75. The highest BCUT2D eigenvalue weighted by Crippen LogP contribution is 2.50. The topological polar surface area (TPSA) is 189 Å². The first kappa shape index (κ1) is 27.9. The van der Waals surface area contributed by atoms with Crippen LogP contribution in [0.4, 0.5) is 0 Å². The molecule has 0 aromatic heterocycles. The lowest BCUT2D eigenvalue weighted by Gasteiger charge is -2.32. The van der Waals surface area contributed by atoms with Gasteiger partial charge in [0.25, 0.3) is 0 Å². The summed E-state index contributed by atoms with van der Waals surface area (Å²) in [7, 11) is 0. The molecule has 8 atom stereocenters.